The van der Waals surface area contributed by atoms with Gasteiger partial charge in [0.05, 0.1) is 25.6 Å². The third kappa shape index (κ3) is 5.10. The SMILES string of the molecule is COc1cccc(CC(=O)Nc2ccc3ccn(Cc4ccc(C(=O)O)cc4)c(=O)c3c2)c1. The Hall–Kier alpha value is -4.39. The summed E-state index contributed by atoms with van der Waals surface area (Å²) >= 11 is 0. The second kappa shape index (κ2) is 9.40. The van der Waals surface area contributed by atoms with Gasteiger partial charge in [0.25, 0.3) is 5.56 Å². The Bertz CT molecular complexity index is 1390. The summed E-state index contributed by atoms with van der Waals surface area (Å²) in [7, 11) is 1.58. The summed E-state index contributed by atoms with van der Waals surface area (Å²) in [5, 5.41) is 13.1. The number of hydrogen-bond acceptors (Lipinski definition) is 4. The van der Waals surface area contributed by atoms with Crippen molar-refractivity contribution in [2.45, 2.75) is 13.0 Å². The van der Waals surface area contributed by atoms with Gasteiger partial charge in [-0.15, -0.1) is 0 Å². The Morgan fingerprint density at radius 1 is 0.970 bits per heavy atom. The Kier molecular flexibility index (Phi) is 6.22. The van der Waals surface area contributed by atoms with Crippen LogP contribution in [0.3, 0.4) is 0 Å². The number of aromatic nitrogens is 1. The zero-order chi connectivity index (χ0) is 23.4. The molecule has 0 unspecified atom stereocenters. The van der Waals surface area contributed by atoms with Gasteiger partial charge in [-0.3, -0.25) is 9.59 Å². The third-order valence-corrected chi connectivity index (χ3v) is 5.31. The maximum absolute atomic E-state index is 13.0. The quantitative estimate of drug-likeness (QED) is 0.452. The van der Waals surface area contributed by atoms with Crippen molar-refractivity contribution in [1.82, 2.24) is 4.57 Å². The van der Waals surface area contributed by atoms with Crippen LogP contribution in [0.2, 0.25) is 0 Å². The highest BCUT2D eigenvalue weighted by Crippen LogP contribution is 2.18. The Balaban J connectivity index is 1.53. The van der Waals surface area contributed by atoms with Gasteiger partial charge in [-0.2, -0.15) is 0 Å². The number of carboxylic acid groups (broad SMARTS) is 1. The second-order valence-corrected chi connectivity index (χ2v) is 7.63. The first-order valence-electron chi connectivity index (χ1n) is 10.3. The molecule has 0 aliphatic carbocycles. The molecular formula is C26H22N2O5. The average molecular weight is 442 g/mol. The Labute approximate surface area is 189 Å². The highest BCUT2D eigenvalue weighted by molar-refractivity contribution is 5.95. The van der Waals surface area contributed by atoms with E-state index >= 15 is 0 Å². The minimum absolute atomic E-state index is 0.181. The molecular weight excluding hydrogens is 420 g/mol. The lowest BCUT2D eigenvalue weighted by molar-refractivity contribution is -0.115. The summed E-state index contributed by atoms with van der Waals surface area (Å²) in [4.78, 5) is 36.6. The number of rotatable bonds is 7. The normalized spacial score (nSPS) is 10.7. The molecule has 7 heteroatoms. The number of nitrogens with one attached hydrogen (secondary N) is 1. The van der Waals surface area contributed by atoms with Crippen molar-refractivity contribution in [3.8, 4) is 5.75 Å². The highest BCUT2D eigenvalue weighted by atomic mass is 16.5. The number of benzene rings is 3. The van der Waals surface area contributed by atoms with Crippen LogP contribution in [0.15, 0.2) is 83.8 Å². The smallest absolute Gasteiger partial charge is 0.335 e. The van der Waals surface area contributed by atoms with Crippen LogP contribution in [0.25, 0.3) is 10.8 Å². The van der Waals surface area contributed by atoms with Gasteiger partial charge in [0.1, 0.15) is 5.75 Å². The molecule has 0 saturated heterocycles. The van der Waals surface area contributed by atoms with E-state index in [9.17, 15) is 14.4 Å². The van der Waals surface area contributed by atoms with Crippen LogP contribution >= 0.6 is 0 Å². The van der Waals surface area contributed by atoms with Crippen LogP contribution in [0, 0.1) is 0 Å². The monoisotopic (exact) mass is 442 g/mol. The van der Waals surface area contributed by atoms with Crippen molar-refractivity contribution in [1.29, 1.82) is 0 Å². The van der Waals surface area contributed by atoms with Crippen LogP contribution in [0.5, 0.6) is 5.75 Å². The van der Waals surface area contributed by atoms with E-state index in [0.29, 0.717) is 23.4 Å². The number of nitrogens with zero attached hydrogens (tertiary/aromatic N) is 1. The van der Waals surface area contributed by atoms with E-state index in [4.69, 9.17) is 9.84 Å². The zero-order valence-corrected chi connectivity index (χ0v) is 17.9. The molecule has 0 fully saturated rings. The van der Waals surface area contributed by atoms with E-state index in [2.05, 4.69) is 5.32 Å². The molecule has 0 bridgehead atoms. The molecule has 1 aromatic heterocycles. The topological polar surface area (TPSA) is 97.6 Å². The molecule has 0 aliphatic heterocycles. The fourth-order valence-corrected chi connectivity index (χ4v) is 3.60. The van der Waals surface area contributed by atoms with Gasteiger partial charge in [0.15, 0.2) is 0 Å². The molecule has 33 heavy (non-hydrogen) atoms. The molecule has 0 aliphatic rings. The maximum atomic E-state index is 13.0. The lowest BCUT2D eigenvalue weighted by Crippen LogP contribution is -2.20. The number of fused-ring (bicyclic) bond motifs is 1. The lowest BCUT2D eigenvalue weighted by atomic mass is 10.1. The van der Waals surface area contributed by atoms with Crippen LogP contribution in [-0.4, -0.2) is 28.7 Å². The first-order chi connectivity index (χ1) is 15.9. The van der Waals surface area contributed by atoms with E-state index in [0.717, 1.165) is 16.5 Å². The molecule has 0 atom stereocenters. The number of hydrogen-bond donors (Lipinski definition) is 2. The van der Waals surface area contributed by atoms with Gasteiger partial charge in [-0.05, 0) is 59.0 Å². The standard InChI is InChI=1S/C26H22N2O5/c1-33-22-4-2-3-18(13-22)14-24(29)27-21-10-9-19-11-12-28(25(30)23(19)15-21)16-17-5-7-20(8-6-17)26(31)32/h2-13,15H,14,16H2,1H3,(H,27,29)(H,31,32). The first-order valence-corrected chi connectivity index (χ1v) is 10.3. The number of ether oxygens (including phenoxy) is 1. The van der Waals surface area contributed by atoms with E-state index in [-0.39, 0.29) is 23.5 Å². The van der Waals surface area contributed by atoms with Crippen molar-refractivity contribution in [3.05, 3.63) is 106 Å². The predicted molar refractivity (Wildman–Crippen MR) is 126 cm³/mol. The minimum atomic E-state index is -0.995. The molecule has 0 spiro atoms. The van der Waals surface area contributed by atoms with E-state index in [1.54, 1.807) is 48.2 Å². The summed E-state index contributed by atoms with van der Waals surface area (Å²) in [5.74, 6) is -0.507. The van der Waals surface area contributed by atoms with E-state index in [1.165, 1.54) is 12.1 Å². The van der Waals surface area contributed by atoms with Crippen LogP contribution in [0.4, 0.5) is 5.69 Å². The number of carbonyl (C=O) groups excluding carboxylic acids is 1. The second-order valence-electron chi connectivity index (χ2n) is 7.63. The third-order valence-electron chi connectivity index (χ3n) is 5.31. The van der Waals surface area contributed by atoms with Crippen molar-refractivity contribution in [3.63, 3.8) is 0 Å². The first kappa shape index (κ1) is 21.8. The fourth-order valence-electron chi connectivity index (χ4n) is 3.60. The summed E-state index contributed by atoms with van der Waals surface area (Å²) in [5.41, 5.74) is 2.17. The molecule has 0 saturated carbocycles. The highest BCUT2D eigenvalue weighted by Gasteiger charge is 2.09. The molecule has 1 heterocycles. The van der Waals surface area contributed by atoms with E-state index in [1.807, 2.05) is 30.3 Å². The van der Waals surface area contributed by atoms with Crippen molar-refractivity contribution < 1.29 is 19.4 Å². The molecule has 4 rings (SSSR count). The number of aromatic carboxylic acids is 1. The molecule has 2 N–H and O–H groups in total. The summed E-state index contributed by atoms with van der Waals surface area (Å²) in [6.07, 6.45) is 1.89. The van der Waals surface area contributed by atoms with Crippen LogP contribution < -0.4 is 15.6 Å². The minimum Gasteiger partial charge on any atom is -0.497 e. The van der Waals surface area contributed by atoms with Gasteiger partial charge < -0.3 is 19.7 Å². The number of anilines is 1. The van der Waals surface area contributed by atoms with Gasteiger partial charge >= 0.3 is 5.97 Å². The molecule has 7 nitrogen and oxygen atoms in total. The number of methoxy groups -OCH3 is 1. The number of carboxylic acids is 1. The van der Waals surface area contributed by atoms with Gasteiger partial charge in [-0.25, -0.2) is 4.79 Å². The fraction of sp³-hybridized carbons (Fsp3) is 0.115. The molecule has 1 amide bonds. The Morgan fingerprint density at radius 2 is 1.76 bits per heavy atom. The average Bonchev–Trinajstić information content (AvgIpc) is 2.81. The van der Waals surface area contributed by atoms with E-state index < -0.39 is 5.97 Å². The van der Waals surface area contributed by atoms with Crippen LogP contribution in [-0.2, 0) is 17.8 Å². The van der Waals surface area contributed by atoms with Gasteiger partial charge in [-0.1, -0.05) is 30.3 Å². The summed E-state index contributed by atoms with van der Waals surface area (Å²) < 4.78 is 6.75. The summed E-state index contributed by atoms with van der Waals surface area (Å²) in [6, 6.07) is 20.8. The van der Waals surface area contributed by atoms with Gasteiger partial charge in [0, 0.05) is 17.3 Å². The molecule has 3 aromatic carbocycles. The predicted octanol–water partition coefficient (Wildman–Crippen LogP) is 3.94. The zero-order valence-electron chi connectivity index (χ0n) is 17.9. The molecule has 4 aromatic rings. The number of amides is 1. The maximum Gasteiger partial charge on any atom is 0.335 e. The Morgan fingerprint density at radius 3 is 2.48 bits per heavy atom. The van der Waals surface area contributed by atoms with Crippen molar-refractivity contribution in [2.75, 3.05) is 12.4 Å². The van der Waals surface area contributed by atoms with Crippen molar-refractivity contribution >= 4 is 28.3 Å². The summed E-state index contributed by atoms with van der Waals surface area (Å²) in [6.45, 7) is 0.307. The van der Waals surface area contributed by atoms with Gasteiger partial charge in [0.2, 0.25) is 5.91 Å². The van der Waals surface area contributed by atoms with Crippen molar-refractivity contribution in [2.24, 2.45) is 0 Å². The lowest BCUT2D eigenvalue weighted by Gasteiger charge is -2.10. The molecule has 166 valence electrons. The number of pyridine rings is 1. The van der Waals surface area contributed by atoms with Crippen LogP contribution in [0.1, 0.15) is 21.5 Å². The number of carbonyl (C=O) groups is 2. The largest absolute Gasteiger partial charge is 0.497 e. The molecule has 0 radical (unpaired) electrons.